The van der Waals surface area contributed by atoms with Crippen molar-refractivity contribution < 1.29 is 13.6 Å². The van der Waals surface area contributed by atoms with Crippen LogP contribution in [0.15, 0.2) is 18.2 Å². The SMILES string of the molecule is CCc1cc(C(F)F)ccc1C(C)C=O. The van der Waals surface area contributed by atoms with Crippen molar-refractivity contribution >= 4 is 6.29 Å². The fourth-order valence-electron chi connectivity index (χ4n) is 1.59. The first kappa shape index (κ1) is 11.8. The van der Waals surface area contributed by atoms with Gasteiger partial charge in [0, 0.05) is 11.5 Å². The number of hydrogen-bond donors (Lipinski definition) is 0. The molecular formula is C12H14F2O. The summed E-state index contributed by atoms with van der Waals surface area (Å²) in [4.78, 5) is 10.6. The Labute approximate surface area is 88.1 Å². The van der Waals surface area contributed by atoms with Crippen molar-refractivity contribution in [3.63, 3.8) is 0 Å². The molecule has 3 heteroatoms. The molecule has 1 unspecified atom stereocenters. The van der Waals surface area contributed by atoms with E-state index in [0.29, 0.717) is 6.42 Å². The highest BCUT2D eigenvalue weighted by molar-refractivity contribution is 5.62. The second-order valence-corrected chi connectivity index (χ2v) is 3.54. The zero-order chi connectivity index (χ0) is 11.4. The van der Waals surface area contributed by atoms with Crippen molar-refractivity contribution in [2.75, 3.05) is 0 Å². The molecule has 0 saturated heterocycles. The molecule has 0 aliphatic rings. The van der Waals surface area contributed by atoms with Gasteiger partial charge in [-0.05, 0) is 23.6 Å². The molecule has 1 nitrogen and oxygen atoms in total. The van der Waals surface area contributed by atoms with Crippen molar-refractivity contribution in [1.29, 1.82) is 0 Å². The van der Waals surface area contributed by atoms with Gasteiger partial charge in [-0.2, -0.15) is 0 Å². The van der Waals surface area contributed by atoms with Gasteiger partial charge < -0.3 is 4.79 Å². The minimum absolute atomic E-state index is 0.0219. The lowest BCUT2D eigenvalue weighted by molar-refractivity contribution is -0.108. The number of hydrogen-bond acceptors (Lipinski definition) is 1. The molecule has 0 N–H and O–H groups in total. The van der Waals surface area contributed by atoms with E-state index in [1.165, 1.54) is 12.1 Å². The van der Waals surface area contributed by atoms with Gasteiger partial charge in [-0.1, -0.05) is 26.0 Å². The lowest BCUT2D eigenvalue weighted by Gasteiger charge is -2.12. The van der Waals surface area contributed by atoms with E-state index in [0.717, 1.165) is 17.4 Å². The molecule has 1 atom stereocenters. The third kappa shape index (κ3) is 2.61. The second kappa shape index (κ2) is 5.01. The van der Waals surface area contributed by atoms with Gasteiger partial charge in [-0.25, -0.2) is 8.78 Å². The number of alkyl halides is 2. The van der Waals surface area contributed by atoms with Gasteiger partial charge in [0.25, 0.3) is 6.43 Å². The van der Waals surface area contributed by atoms with Gasteiger partial charge in [0.05, 0.1) is 0 Å². The average Bonchev–Trinajstić information content (AvgIpc) is 2.27. The van der Waals surface area contributed by atoms with E-state index >= 15 is 0 Å². The Bertz CT molecular complexity index is 347. The monoisotopic (exact) mass is 212 g/mol. The van der Waals surface area contributed by atoms with E-state index < -0.39 is 6.43 Å². The maximum absolute atomic E-state index is 12.4. The summed E-state index contributed by atoms with van der Waals surface area (Å²) in [7, 11) is 0. The topological polar surface area (TPSA) is 17.1 Å². The molecule has 0 fully saturated rings. The first-order valence-corrected chi connectivity index (χ1v) is 4.96. The van der Waals surface area contributed by atoms with Crippen molar-refractivity contribution in [1.82, 2.24) is 0 Å². The van der Waals surface area contributed by atoms with E-state index in [2.05, 4.69) is 0 Å². The average molecular weight is 212 g/mol. The molecule has 0 radical (unpaired) electrons. The third-order valence-corrected chi connectivity index (χ3v) is 2.49. The van der Waals surface area contributed by atoms with E-state index in [1.54, 1.807) is 13.0 Å². The number of aldehydes is 1. The first-order chi connectivity index (χ1) is 7.10. The van der Waals surface area contributed by atoms with E-state index in [4.69, 9.17) is 0 Å². The fourth-order valence-corrected chi connectivity index (χ4v) is 1.59. The molecule has 0 saturated carbocycles. The molecule has 0 bridgehead atoms. The maximum Gasteiger partial charge on any atom is 0.263 e. The number of halogens is 2. The Kier molecular flexibility index (Phi) is 3.95. The molecule has 0 aliphatic heterocycles. The fraction of sp³-hybridized carbons (Fsp3) is 0.417. The number of carbonyl (C=O) groups is 1. The molecule has 1 rings (SSSR count). The molecule has 15 heavy (non-hydrogen) atoms. The summed E-state index contributed by atoms with van der Waals surface area (Å²) < 4.78 is 24.9. The van der Waals surface area contributed by atoms with Gasteiger partial charge in [0.2, 0.25) is 0 Å². The molecule has 0 heterocycles. The maximum atomic E-state index is 12.4. The summed E-state index contributed by atoms with van der Waals surface area (Å²) in [6, 6.07) is 4.50. The van der Waals surface area contributed by atoms with Gasteiger partial charge in [0.15, 0.2) is 0 Å². The van der Waals surface area contributed by atoms with Gasteiger partial charge in [-0.3, -0.25) is 0 Å². The summed E-state index contributed by atoms with van der Waals surface area (Å²) in [6.45, 7) is 3.66. The highest BCUT2D eigenvalue weighted by Gasteiger charge is 2.13. The summed E-state index contributed by atoms with van der Waals surface area (Å²) in [5.41, 5.74) is 1.69. The van der Waals surface area contributed by atoms with Crippen molar-refractivity contribution in [3.05, 3.63) is 34.9 Å². The molecule has 1 aromatic carbocycles. The van der Waals surface area contributed by atoms with Crippen molar-refractivity contribution in [2.24, 2.45) is 0 Å². The largest absolute Gasteiger partial charge is 0.303 e. The lowest BCUT2D eigenvalue weighted by Crippen LogP contribution is -2.01. The van der Waals surface area contributed by atoms with Crippen LogP contribution in [0, 0.1) is 0 Å². The summed E-state index contributed by atoms with van der Waals surface area (Å²) in [5.74, 6) is -0.230. The Balaban J connectivity index is 3.14. The molecular weight excluding hydrogens is 198 g/mol. The zero-order valence-electron chi connectivity index (χ0n) is 8.84. The predicted molar refractivity (Wildman–Crippen MR) is 55.3 cm³/mol. The minimum Gasteiger partial charge on any atom is -0.303 e. The molecule has 82 valence electrons. The van der Waals surface area contributed by atoms with Crippen LogP contribution in [-0.2, 0) is 11.2 Å². The van der Waals surface area contributed by atoms with Crippen LogP contribution in [0.1, 0.15) is 42.9 Å². The Morgan fingerprint density at radius 1 is 1.40 bits per heavy atom. The van der Waals surface area contributed by atoms with Crippen molar-refractivity contribution in [3.8, 4) is 0 Å². The van der Waals surface area contributed by atoms with Crippen LogP contribution >= 0.6 is 0 Å². The number of benzene rings is 1. The third-order valence-electron chi connectivity index (χ3n) is 2.49. The summed E-state index contributed by atoms with van der Waals surface area (Å²) in [5, 5.41) is 0. The molecule has 0 spiro atoms. The molecule has 0 amide bonds. The Hall–Kier alpha value is -1.25. The molecule has 0 aliphatic carbocycles. The van der Waals surface area contributed by atoms with Crippen LogP contribution in [0.2, 0.25) is 0 Å². The second-order valence-electron chi connectivity index (χ2n) is 3.54. The smallest absolute Gasteiger partial charge is 0.263 e. The lowest BCUT2D eigenvalue weighted by atomic mass is 9.93. The first-order valence-electron chi connectivity index (χ1n) is 4.96. The number of rotatable bonds is 4. The van der Waals surface area contributed by atoms with Crippen LogP contribution < -0.4 is 0 Å². The van der Waals surface area contributed by atoms with Crippen LogP contribution in [0.25, 0.3) is 0 Å². The van der Waals surface area contributed by atoms with Gasteiger partial charge in [-0.15, -0.1) is 0 Å². The van der Waals surface area contributed by atoms with Crippen molar-refractivity contribution in [2.45, 2.75) is 32.6 Å². The highest BCUT2D eigenvalue weighted by Crippen LogP contribution is 2.25. The Morgan fingerprint density at radius 3 is 2.53 bits per heavy atom. The van der Waals surface area contributed by atoms with E-state index in [-0.39, 0.29) is 11.5 Å². The molecule has 1 aromatic rings. The van der Waals surface area contributed by atoms with Crippen LogP contribution in [0.4, 0.5) is 8.78 Å². The Morgan fingerprint density at radius 2 is 2.07 bits per heavy atom. The van der Waals surface area contributed by atoms with Gasteiger partial charge >= 0.3 is 0 Å². The van der Waals surface area contributed by atoms with Crippen LogP contribution in [-0.4, -0.2) is 6.29 Å². The van der Waals surface area contributed by atoms with Crippen LogP contribution in [0.3, 0.4) is 0 Å². The minimum atomic E-state index is -2.45. The number of carbonyl (C=O) groups excluding carboxylic acids is 1. The normalized spacial score (nSPS) is 12.9. The number of aryl methyl sites for hydroxylation is 1. The van der Waals surface area contributed by atoms with Crippen LogP contribution in [0.5, 0.6) is 0 Å². The van der Waals surface area contributed by atoms with Gasteiger partial charge in [0.1, 0.15) is 6.29 Å². The summed E-state index contributed by atoms with van der Waals surface area (Å²) in [6.07, 6.45) is -0.958. The zero-order valence-corrected chi connectivity index (χ0v) is 8.84. The summed E-state index contributed by atoms with van der Waals surface area (Å²) >= 11 is 0. The predicted octanol–water partition coefficient (Wildman–Crippen LogP) is 3.49. The highest BCUT2D eigenvalue weighted by atomic mass is 19.3. The van der Waals surface area contributed by atoms with E-state index in [9.17, 15) is 13.6 Å². The standard InChI is InChI=1S/C12H14F2O/c1-3-9-6-10(12(13)14)4-5-11(9)8(2)7-15/h4-8,12H,3H2,1-2H3. The molecule has 0 aromatic heterocycles. The quantitative estimate of drug-likeness (QED) is 0.698. The van der Waals surface area contributed by atoms with E-state index in [1.807, 2.05) is 6.92 Å².